The number of benzene rings is 1. The second kappa shape index (κ2) is 6.62. The van der Waals surface area contributed by atoms with Gasteiger partial charge in [0.25, 0.3) is 0 Å². The van der Waals surface area contributed by atoms with Crippen LogP contribution in [0.3, 0.4) is 0 Å². The molecule has 0 spiro atoms. The zero-order valence-electron chi connectivity index (χ0n) is 12.6. The maximum absolute atomic E-state index is 5.56. The lowest BCUT2D eigenvalue weighted by Gasteiger charge is -2.36. The van der Waals surface area contributed by atoms with Crippen molar-refractivity contribution in [3.05, 3.63) is 29.8 Å². The molecule has 2 nitrogen and oxygen atoms in total. The molecule has 1 saturated heterocycles. The summed E-state index contributed by atoms with van der Waals surface area (Å²) < 4.78 is 5.56. The van der Waals surface area contributed by atoms with Crippen molar-refractivity contribution in [1.82, 2.24) is 5.32 Å². The van der Waals surface area contributed by atoms with Crippen LogP contribution in [-0.2, 0) is 0 Å². The Morgan fingerprint density at radius 1 is 1.10 bits per heavy atom. The van der Waals surface area contributed by atoms with Crippen LogP contribution in [0, 0.1) is 11.8 Å². The fourth-order valence-corrected chi connectivity index (χ4v) is 4.16. The molecule has 1 aromatic rings. The lowest BCUT2D eigenvalue weighted by molar-refractivity contribution is 0.231. The Morgan fingerprint density at radius 3 is 2.55 bits per heavy atom. The van der Waals surface area contributed by atoms with Crippen molar-refractivity contribution in [1.29, 1.82) is 0 Å². The highest BCUT2D eigenvalue weighted by atomic mass is 16.5. The highest BCUT2D eigenvalue weighted by Gasteiger charge is 2.33. The first-order valence-corrected chi connectivity index (χ1v) is 8.32. The summed E-state index contributed by atoms with van der Waals surface area (Å²) in [5.41, 5.74) is 1.52. The minimum atomic E-state index is 0.745. The predicted octanol–water partition coefficient (Wildman–Crippen LogP) is 3.97. The van der Waals surface area contributed by atoms with Gasteiger partial charge in [-0.15, -0.1) is 0 Å². The van der Waals surface area contributed by atoms with E-state index in [1.54, 1.807) is 0 Å². The molecule has 1 aliphatic carbocycles. The largest absolute Gasteiger partial charge is 0.494 e. The highest BCUT2D eigenvalue weighted by molar-refractivity contribution is 5.30. The number of nitrogens with one attached hydrogen (secondary N) is 1. The van der Waals surface area contributed by atoms with Crippen LogP contribution >= 0.6 is 0 Å². The van der Waals surface area contributed by atoms with E-state index in [9.17, 15) is 0 Å². The minimum Gasteiger partial charge on any atom is -0.494 e. The number of piperidine rings is 1. The zero-order chi connectivity index (χ0) is 13.8. The summed E-state index contributed by atoms with van der Waals surface area (Å²) in [5, 5.41) is 3.62. The molecule has 3 rings (SSSR count). The van der Waals surface area contributed by atoms with Crippen molar-refractivity contribution >= 4 is 0 Å². The van der Waals surface area contributed by atoms with Crippen molar-refractivity contribution in [2.75, 3.05) is 19.7 Å². The molecule has 20 heavy (non-hydrogen) atoms. The molecular weight excluding hydrogens is 246 g/mol. The summed E-state index contributed by atoms with van der Waals surface area (Å²) >= 11 is 0. The van der Waals surface area contributed by atoms with Crippen LogP contribution in [0.2, 0.25) is 0 Å². The van der Waals surface area contributed by atoms with Gasteiger partial charge in [0.15, 0.2) is 0 Å². The van der Waals surface area contributed by atoms with E-state index in [1.807, 2.05) is 6.92 Å². The number of ether oxygens (including phenoxy) is 1. The number of rotatable bonds is 4. The van der Waals surface area contributed by atoms with Crippen molar-refractivity contribution in [3.8, 4) is 5.75 Å². The quantitative estimate of drug-likeness (QED) is 0.896. The normalized spacial score (nSPS) is 27.6. The standard InChI is InChI=1S/C18H27NO/c1-2-20-16-9-7-15(8-10-16)17-11-12-19-13-18(17)14-5-3-4-6-14/h7-10,14,17-19H,2-6,11-13H2,1H3. The van der Waals surface area contributed by atoms with E-state index in [1.165, 1.54) is 50.8 Å². The third-order valence-electron chi connectivity index (χ3n) is 5.15. The van der Waals surface area contributed by atoms with Crippen molar-refractivity contribution in [3.63, 3.8) is 0 Å². The Kier molecular flexibility index (Phi) is 4.62. The molecule has 2 unspecified atom stereocenters. The van der Waals surface area contributed by atoms with Gasteiger partial charge in [-0.25, -0.2) is 0 Å². The molecule has 2 fully saturated rings. The van der Waals surface area contributed by atoms with E-state index in [2.05, 4.69) is 29.6 Å². The summed E-state index contributed by atoms with van der Waals surface area (Å²) in [6, 6.07) is 8.88. The van der Waals surface area contributed by atoms with Crippen LogP contribution in [0.4, 0.5) is 0 Å². The van der Waals surface area contributed by atoms with Gasteiger partial charge in [0.2, 0.25) is 0 Å². The Morgan fingerprint density at radius 2 is 1.85 bits per heavy atom. The number of hydrogen-bond donors (Lipinski definition) is 1. The van der Waals surface area contributed by atoms with Gasteiger partial charge in [-0.2, -0.15) is 0 Å². The molecule has 0 bridgehead atoms. The molecule has 0 amide bonds. The highest BCUT2D eigenvalue weighted by Crippen LogP contribution is 2.42. The Bertz CT molecular complexity index is 408. The molecule has 0 radical (unpaired) electrons. The first-order chi connectivity index (χ1) is 9.88. The molecule has 1 N–H and O–H groups in total. The summed E-state index contributed by atoms with van der Waals surface area (Å²) in [6.45, 7) is 5.16. The average molecular weight is 273 g/mol. The van der Waals surface area contributed by atoms with Crippen molar-refractivity contribution < 1.29 is 4.74 Å². The van der Waals surface area contributed by atoms with Gasteiger partial charge in [0, 0.05) is 0 Å². The molecule has 1 saturated carbocycles. The summed E-state index contributed by atoms with van der Waals surface area (Å²) in [5.74, 6) is 3.53. The Labute approximate surface area is 122 Å². The maximum atomic E-state index is 5.56. The molecule has 110 valence electrons. The second-order valence-electron chi connectivity index (χ2n) is 6.31. The topological polar surface area (TPSA) is 21.3 Å². The summed E-state index contributed by atoms with van der Waals surface area (Å²) in [6.07, 6.45) is 7.06. The molecule has 0 aromatic heterocycles. The van der Waals surface area contributed by atoms with Gasteiger partial charge >= 0.3 is 0 Å². The maximum Gasteiger partial charge on any atom is 0.119 e. The minimum absolute atomic E-state index is 0.745. The molecule has 1 aliphatic heterocycles. The molecular formula is C18H27NO. The van der Waals surface area contributed by atoms with Gasteiger partial charge in [0.1, 0.15) is 5.75 Å². The lowest BCUT2D eigenvalue weighted by Crippen LogP contribution is -2.38. The fraction of sp³-hybridized carbons (Fsp3) is 0.667. The average Bonchev–Trinajstić information content (AvgIpc) is 3.03. The van der Waals surface area contributed by atoms with E-state index in [0.29, 0.717) is 0 Å². The Hall–Kier alpha value is -1.02. The zero-order valence-corrected chi connectivity index (χ0v) is 12.6. The van der Waals surface area contributed by atoms with Crippen molar-refractivity contribution in [2.45, 2.75) is 44.9 Å². The van der Waals surface area contributed by atoms with Crippen LogP contribution < -0.4 is 10.1 Å². The molecule has 2 heteroatoms. The van der Waals surface area contributed by atoms with E-state index >= 15 is 0 Å². The third-order valence-corrected chi connectivity index (χ3v) is 5.15. The van der Waals surface area contributed by atoms with Gasteiger partial charge in [0.05, 0.1) is 6.61 Å². The summed E-state index contributed by atoms with van der Waals surface area (Å²) in [7, 11) is 0. The van der Waals surface area contributed by atoms with Gasteiger partial charge in [-0.3, -0.25) is 0 Å². The first-order valence-electron chi connectivity index (χ1n) is 8.32. The van der Waals surface area contributed by atoms with Gasteiger partial charge < -0.3 is 10.1 Å². The smallest absolute Gasteiger partial charge is 0.119 e. The fourth-order valence-electron chi connectivity index (χ4n) is 4.16. The lowest BCUT2D eigenvalue weighted by atomic mass is 9.73. The first kappa shape index (κ1) is 13.9. The molecule has 2 atom stereocenters. The van der Waals surface area contributed by atoms with E-state index in [-0.39, 0.29) is 0 Å². The second-order valence-corrected chi connectivity index (χ2v) is 6.31. The van der Waals surface area contributed by atoms with Crippen LogP contribution in [0.1, 0.15) is 50.5 Å². The monoisotopic (exact) mass is 273 g/mol. The predicted molar refractivity (Wildman–Crippen MR) is 83.3 cm³/mol. The molecule has 1 heterocycles. The third kappa shape index (κ3) is 3.01. The van der Waals surface area contributed by atoms with Crippen LogP contribution in [0.25, 0.3) is 0 Å². The van der Waals surface area contributed by atoms with Crippen molar-refractivity contribution in [2.24, 2.45) is 11.8 Å². The number of hydrogen-bond acceptors (Lipinski definition) is 2. The molecule has 2 aliphatic rings. The summed E-state index contributed by atoms with van der Waals surface area (Å²) in [4.78, 5) is 0. The van der Waals surface area contributed by atoms with Gasteiger partial charge in [-0.1, -0.05) is 37.8 Å². The van der Waals surface area contributed by atoms with Crippen LogP contribution in [0.15, 0.2) is 24.3 Å². The van der Waals surface area contributed by atoms with E-state index in [4.69, 9.17) is 4.74 Å². The van der Waals surface area contributed by atoms with E-state index < -0.39 is 0 Å². The SMILES string of the molecule is CCOc1ccc(C2CCNCC2C2CCCC2)cc1. The van der Waals surface area contributed by atoms with Gasteiger partial charge in [-0.05, 0) is 61.9 Å². The van der Waals surface area contributed by atoms with Crippen LogP contribution in [-0.4, -0.2) is 19.7 Å². The molecule has 1 aromatic carbocycles. The van der Waals surface area contributed by atoms with E-state index in [0.717, 1.165) is 30.1 Å². The Balaban J connectivity index is 1.74. The van der Waals surface area contributed by atoms with Crippen LogP contribution in [0.5, 0.6) is 5.75 Å².